The van der Waals surface area contributed by atoms with Gasteiger partial charge in [0.2, 0.25) is 0 Å². The number of carbonyl (C=O) groups excluding carboxylic acids is 1. The van der Waals surface area contributed by atoms with Crippen LogP contribution >= 0.6 is 11.6 Å². The fourth-order valence-corrected chi connectivity index (χ4v) is 3.33. The Bertz CT molecular complexity index is 883. The molecule has 0 spiro atoms. The lowest BCUT2D eigenvalue weighted by atomic mass is 10.2. The second-order valence-corrected chi connectivity index (χ2v) is 7.82. The Hall–Kier alpha value is -2.77. The van der Waals surface area contributed by atoms with Crippen LogP contribution in [0.3, 0.4) is 0 Å². The van der Waals surface area contributed by atoms with Crippen molar-refractivity contribution >= 4 is 29.2 Å². The zero-order valence-electron chi connectivity index (χ0n) is 17.9. The number of benzene rings is 2. The molecule has 2 unspecified atom stereocenters. The van der Waals surface area contributed by atoms with Gasteiger partial charge < -0.3 is 25.4 Å². The van der Waals surface area contributed by atoms with Gasteiger partial charge in [0, 0.05) is 30.9 Å². The van der Waals surface area contributed by atoms with Crippen molar-refractivity contribution in [2.24, 2.45) is 4.99 Å². The van der Waals surface area contributed by atoms with Crippen molar-refractivity contribution in [3.8, 4) is 5.75 Å². The first-order valence-electron chi connectivity index (χ1n) is 10.4. The average Bonchev–Trinajstić information content (AvgIpc) is 3.31. The van der Waals surface area contributed by atoms with E-state index in [0.29, 0.717) is 30.7 Å². The smallest absolute Gasteiger partial charge is 0.253 e. The minimum absolute atomic E-state index is 0.0592. The highest BCUT2D eigenvalue weighted by atomic mass is 35.5. The minimum Gasteiger partial charge on any atom is -0.489 e. The van der Waals surface area contributed by atoms with E-state index in [9.17, 15) is 4.79 Å². The molecule has 0 aromatic heterocycles. The van der Waals surface area contributed by atoms with Gasteiger partial charge in [-0.05, 0) is 61.7 Å². The standard InChI is InChI=1S/C23H29ClN4O3/c1-16(31-20-10-8-18(24)9-11-20)14-26-23(25-2)27-15-17-5-3-6-19(13-17)28-22(29)21-7-4-12-30-21/h3,5-6,8-11,13,16,21H,4,7,12,14-15H2,1-2H3,(H,28,29)(H2,25,26,27). The van der Waals surface area contributed by atoms with Crippen molar-refractivity contribution < 1.29 is 14.3 Å². The first-order valence-corrected chi connectivity index (χ1v) is 10.8. The van der Waals surface area contributed by atoms with Crippen LogP contribution in [0.4, 0.5) is 5.69 Å². The summed E-state index contributed by atoms with van der Waals surface area (Å²) in [6.45, 7) is 3.78. The summed E-state index contributed by atoms with van der Waals surface area (Å²) >= 11 is 5.90. The van der Waals surface area contributed by atoms with E-state index in [-0.39, 0.29) is 18.1 Å². The Labute approximate surface area is 188 Å². The highest BCUT2D eigenvalue weighted by Crippen LogP contribution is 2.17. The highest BCUT2D eigenvalue weighted by molar-refractivity contribution is 6.30. The summed E-state index contributed by atoms with van der Waals surface area (Å²) in [7, 11) is 1.72. The molecule has 1 amide bonds. The van der Waals surface area contributed by atoms with E-state index >= 15 is 0 Å². The molecule has 1 fully saturated rings. The van der Waals surface area contributed by atoms with Crippen molar-refractivity contribution in [3.63, 3.8) is 0 Å². The van der Waals surface area contributed by atoms with Crippen LogP contribution in [0.25, 0.3) is 0 Å². The van der Waals surface area contributed by atoms with Crippen molar-refractivity contribution in [1.82, 2.24) is 10.6 Å². The lowest BCUT2D eigenvalue weighted by Gasteiger charge is -2.18. The number of nitrogens with zero attached hydrogens (tertiary/aromatic N) is 1. The zero-order valence-corrected chi connectivity index (χ0v) is 18.6. The van der Waals surface area contributed by atoms with Gasteiger partial charge >= 0.3 is 0 Å². The van der Waals surface area contributed by atoms with Crippen LogP contribution in [0.2, 0.25) is 5.02 Å². The predicted octanol–water partition coefficient (Wildman–Crippen LogP) is 3.59. The number of anilines is 1. The Morgan fingerprint density at radius 3 is 2.77 bits per heavy atom. The summed E-state index contributed by atoms with van der Waals surface area (Å²) in [4.78, 5) is 16.5. The number of hydrogen-bond donors (Lipinski definition) is 3. The number of halogens is 1. The maximum absolute atomic E-state index is 12.2. The zero-order chi connectivity index (χ0) is 22.1. The van der Waals surface area contributed by atoms with E-state index in [4.69, 9.17) is 21.1 Å². The molecule has 0 radical (unpaired) electrons. The van der Waals surface area contributed by atoms with E-state index < -0.39 is 0 Å². The quantitative estimate of drug-likeness (QED) is 0.428. The van der Waals surface area contributed by atoms with Gasteiger partial charge in [0.05, 0.1) is 6.54 Å². The van der Waals surface area contributed by atoms with Gasteiger partial charge in [0.15, 0.2) is 5.96 Å². The molecule has 2 aromatic carbocycles. The van der Waals surface area contributed by atoms with Gasteiger partial charge in [0.1, 0.15) is 18.0 Å². The average molecular weight is 445 g/mol. The van der Waals surface area contributed by atoms with Gasteiger partial charge in [-0.3, -0.25) is 9.79 Å². The fourth-order valence-electron chi connectivity index (χ4n) is 3.20. The third-order valence-corrected chi connectivity index (χ3v) is 5.06. The van der Waals surface area contributed by atoms with E-state index in [1.807, 2.05) is 43.3 Å². The van der Waals surface area contributed by atoms with Gasteiger partial charge in [-0.15, -0.1) is 0 Å². The Morgan fingerprint density at radius 1 is 1.26 bits per heavy atom. The van der Waals surface area contributed by atoms with Gasteiger partial charge in [0.25, 0.3) is 5.91 Å². The van der Waals surface area contributed by atoms with Crippen LogP contribution in [0.5, 0.6) is 5.75 Å². The molecule has 3 rings (SSSR count). The second-order valence-electron chi connectivity index (χ2n) is 7.38. The number of ether oxygens (including phenoxy) is 2. The van der Waals surface area contributed by atoms with Crippen LogP contribution in [-0.4, -0.2) is 44.3 Å². The molecule has 1 aliphatic heterocycles. The van der Waals surface area contributed by atoms with Crippen molar-refractivity contribution in [2.75, 3.05) is 25.5 Å². The molecule has 2 aromatic rings. The Balaban J connectivity index is 1.44. The fraction of sp³-hybridized carbons (Fsp3) is 0.391. The monoisotopic (exact) mass is 444 g/mol. The minimum atomic E-state index is -0.345. The van der Waals surface area contributed by atoms with Gasteiger partial charge in [-0.2, -0.15) is 0 Å². The largest absolute Gasteiger partial charge is 0.489 e. The summed E-state index contributed by atoms with van der Waals surface area (Å²) < 4.78 is 11.3. The van der Waals surface area contributed by atoms with Gasteiger partial charge in [-0.1, -0.05) is 23.7 Å². The number of nitrogens with one attached hydrogen (secondary N) is 3. The molecule has 1 heterocycles. The van der Waals surface area contributed by atoms with E-state index in [0.717, 1.165) is 29.8 Å². The Morgan fingerprint density at radius 2 is 2.06 bits per heavy atom. The summed E-state index contributed by atoms with van der Waals surface area (Å²) in [6.07, 6.45) is 1.30. The first kappa shape index (κ1) is 22.9. The topological polar surface area (TPSA) is 84.0 Å². The molecule has 7 nitrogen and oxygen atoms in total. The highest BCUT2D eigenvalue weighted by Gasteiger charge is 2.23. The molecule has 2 atom stereocenters. The normalized spacial score (nSPS) is 17.1. The number of hydrogen-bond acceptors (Lipinski definition) is 4. The number of rotatable bonds is 8. The van der Waals surface area contributed by atoms with Crippen molar-refractivity contribution in [1.29, 1.82) is 0 Å². The molecule has 1 aliphatic rings. The van der Waals surface area contributed by atoms with Crippen LogP contribution in [0, 0.1) is 0 Å². The lowest BCUT2D eigenvalue weighted by Crippen LogP contribution is -2.41. The van der Waals surface area contributed by atoms with Crippen LogP contribution in [0.1, 0.15) is 25.3 Å². The SMILES string of the molecule is CN=C(NCc1cccc(NC(=O)C2CCCO2)c1)NCC(C)Oc1ccc(Cl)cc1. The summed E-state index contributed by atoms with van der Waals surface area (Å²) in [5.74, 6) is 1.35. The molecular weight excluding hydrogens is 416 g/mol. The first-order chi connectivity index (χ1) is 15.0. The summed E-state index contributed by atoms with van der Waals surface area (Å²) in [6, 6.07) is 15.0. The van der Waals surface area contributed by atoms with Crippen LogP contribution in [0.15, 0.2) is 53.5 Å². The molecule has 31 heavy (non-hydrogen) atoms. The molecule has 0 bridgehead atoms. The number of amides is 1. The predicted molar refractivity (Wildman–Crippen MR) is 124 cm³/mol. The van der Waals surface area contributed by atoms with E-state index in [1.165, 1.54) is 0 Å². The lowest BCUT2D eigenvalue weighted by molar-refractivity contribution is -0.124. The number of guanidine groups is 1. The third kappa shape index (κ3) is 7.45. The van der Waals surface area contributed by atoms with Gasteiger partial charge in [-0.25, -0.2) is 0 Å². The van der Waals surface area contributed by atoms with E-state index in [1.54, 1.807) is 19.2 Å². The summed E-state index contributed by atoms with van der Waals surface area (Å²) in [5.41, 5.74) is 1.78. The molecule has 0 aliphatic carbocycles. The number of aliphatic imine (C=N–C) groups is 1. The maximum atomic E-state index is 12.2. The second kappa shape index (κ2) is 11.6. The molecule has 1 saturated heterocycles. The summed E-state index contributed by atoms with van der Waals surface area (Å²) in [5, 5.41) is 10.1. The van der Waals surface area contributed by atoms with Crippen molar-refractivity contribution in [2.45, 2.75) is 38.5 Å². The maximum Gasteiger partial charge on any atom is 0.253 e. The molecule has 166 valence electrons. The van der Waals surface area contributed by atoms with Crippen LogP contribution in [-0.2, 0) is 16.1 Å². The molecule has 8 heteroatoms. The van der Waals surface area contributed by atoms with Crippen LogP contribution < -0.4 is 20.7 Å². The third-order valence-electron chi connectivity index (χ3n) is 4.81. The molecule has 0 saturated carbocycles. The molecule has 3 N–H and O–H groups in total. The van der Waals surface area contributed by atoms with E-state index in [2.05, 4.69) is 20.9 Å². The number of carbonyl (C=O) groups is 1. The van der Waals surface area contributed by atoms with Crippen molar-refractivity contribution in [3.05, 3.63) is 59.1 Å². The molecular formula is C23H29ClN4O3. The Kier molecular flexibility index (Phi) is 8.55.